The summed E-state index contributed by atoms with van der Waals surface area (Å²) in [6.45, 7) is 1.74. The third-order valence-corrected chi connectivity index (χ3v) is 3.80. The first-order chi connectivity index (χ1) is 13.1. The van der Waals surface area contributed by atoms with Crippen molar-refractivity contribution >= 4 is 17.9 Å². The van der Waals surface area contributed by atoms with E-state index in [1.807, 2.05) is 0 Å². The summed E-state index contributed by atoms with van der Waals surface area (Å²) >= 11 is 0. The molecule has 3 rings (SSSR count). The van der Waals surface area contributed by atoms with E-state index in [-0.39, 0.29) is 28.4 Å². The molecule has 1 heterocycles. The molecule has 28 heavy (non-hydrogen) atoms. The van der Waals surface area contributed by atoms with E-state index in [1.54, 1.807) is 13.0 Å². The summed E-state index contributed by atoms with van der Waals surface area (Å²) in [5.41, 5.74) is 0.176. The average Bonchev–Trinajstić information content (AvgIpc) is 3.00. The molecular weight excluding hydrogens is 377 g/mol. The van der Waals surface area contributed by atoms with Gasteiger partial charge >= 0.3 is 18.1 Å². The van der Waals surface area contributed by atoms with Crippen molar-refractivity contribution in [3.05, 3.63) is 64.8 Å². The zero-order valence-corrected chi connectivity index (χ0v) is 14.4. The second kappa shape index (κ2) is 7.18. The SMILES string of the molecule is Cc1ccc(N=Cc2nc(-c3ccc(C(F)(F)F)cc3)oc2O)c(C(=O)O)c1. The van der Waals surface area contributed by atoms with E-state index in [2.05, 4.69) is 9.98 Å². The van der Waals surface area contributed by atoms with Gasteiger partial charge in [0.25, 0.3) is 0 Å². The van der Waals surface area contributed by atoms with Crippen LogP contribution in [0.25, 0.3) is 11.5 Å². The van der Waals surface area contributed by atoms with Gasteiger partial charge in [-0.1, -0.05) is 11.6 Å². The van der Waals surface area contributed by atoms with E-state index < -0.39 is 23.7 Å². The average molecular weight is 390 g/mol. The number of rotatable bonds is 4. The number of aromatic hydroxyl groups is 1. The van der Waals surface area contributed by atoms with E-state index in [4.69, 9.17) is 4.42 Å². The fourth-order valence-corrected chi connectivity index (χ4v) is 2.40. The van der Waals surface area contributed by atoms with Crippen LogP contribution in [-0.4, -0.2) is 27.4 Å². The van der Waals surface area contributed by atoms with Crippen molar-refractivity contribution in [2.24, 2.45) is 4.99 Å². The van der Waals surface area contributed by atoms with Crippen LogP contribution in [0.15, 0.2) is 51.9 Å². The molecule has 0 fully saturated rings. The summed E-state index contributed by atoms with van der Waals surface area (Å²) in [6, 6.07) is 8.70. The summed E-state index contributed by atoms with van der Waals surface area (Å²) < 4.78 is 43.0. The number of alkyl halides is 3. The summed E-state index contributed by atoms with van der Waals surface area (Å²) in [4.78, 5) is 19.3. The third-order valence-electron chi connectivity index (χ3n) is 3.80. The van der Waals surface area contributed by atoms with Gasteiger partial charge in [0.2, 0.25) is 5.89 Å². The van der Waals surface area contributed by atoms with Gasteiger partial charge in [0.15, 0.2) is 5.69 Å². The molecule has 0 aliphatic carbocycles. The van der Waals surface area contributed by atoms with Crippen molar-refractivity contribution in [1.82, 2.24) is 4.98 Å². The van der Waals surface area contributed by atoms with Crippen molar-refractivity contribution < 1.29 is 32.6 Å². The fourth-order valence-electron chi connectivity index (χ4n) is 2.40. The van der Waals surface area contributed by atoms with Crippen LogP contribution in [0.5, 0.6) is 5.95 Å². The minimum Gasteiger partial charge on any atom is -0.479 e. The van der Waals surface area contributed by atoms with Crippen LogP contribution in [-0.2, 0) is 6.18 Å². The molecular formula is C19H13F3N2O4. The predicted octanol–water partition coefficient (Wildman–Crippen LogP) is 4.82. The molecule has 0 atom stereocenters. The topological polar surface area (TPSA) is 95.9 Å². The third kappa shape index (κ3) is 4.03. The molecule has 0 spiro atoms. The zero-order valence-electron chi connectivity index (χ0n) is 14.4. The molecule has 0 amide bonds. The second-order valence-corrected chi connectivity index (χ2v) is 5.87. The number of aryl methyl sites for hydroxylation is 1. The Labute approximate surface area is 156 Å². The van der Waals surface area contributed by atoms with E-state index in [0.29, 0.717) is 0 Å². The Morgan fingerprint density at radius 1 is 1.18 bits per heavy atom. The van der Waals surface area contributed by atoms with Crippen LogP contribution < -0.4 is 0 Å². The highest BCUT2D eigenvalue weighted by atomic mass is 19.4. The van der Waals surface area contributed by atoms with E-state index in [9.17, 15) is 28.2 Å². The summed E-state index contributed by atoms with van der Waals surface area (Å²) in [5, 5.41) is 19.1. The van der Waals surface area contributed by atoms with Crippen molar-refractivity contribution in [3.8, 4) is 17.4 Å². The van der Waals surface area contributed by atoms with Crippen LogP contribution >= 0.6 is 0 Å². The molecule has 2 aromatic carbocycles. The molecule has 9 heteroatoms. The monoisotopic (exact) mass is 390 g/mol. The second-order valence-electron chi connectivity index (χ2n) is 5.87. The van der Waals surface area contributed by atoms with Crippen LogP contribution in [0, 0.1) is 6.92 Å². The van der Waals surface area contributed by atoms with E-state index in [1.165, 1.54) is 12.1 Å². The first-order valence-electron chi connectivity index (χ1n) is 7.90. The fraction of sp³-hybridized carbons (Fsp3) is 0.105. The Kier molecular flexibility index (Phi) is 4.91. The Balaban J connectivity index is 1.89. The Hall–Kier alpha value is -3.62. The molecule has 1 aromatic heterocycles. The first-order valence-corrected chi connectivity index (χ1v) is 7.90. The maximum atomic E-state index is 12.6. The Morgan fingerprint density at radius 2 is 1.86 bits per heavy atom. The Bertz CT molecular complexity index is 1050. The lowest BCUT2D eigenvalue weighted by atomic mass is 10.1. The lowest BCUT2D eigenvalue weighted by molar-refractivity contribution is -0.137. The van der Waals surface area contributed by atoms with Crippen molar-refractivity contribution in [2.45, 2.75) is 13.1 Å². The number of hydrogen-bond donors (Lipinski definition) is 2. The summed E-state index contributed by atoms with van der Waals surface area (Å²) in [6.07, 6.45) is -3.35. The number of oxazole rings is 1. The van der Waals surface area contributed by atoms with Crippen molar-refractivity contribution in [1.29, 1.82) is 0 Å². The normalized spacial score (nSPS) is 11.9. The molecule has 0 unspecified atom stereocenters. The Morgan fingerprint density at radius 3 is 2.46 bits per heavy atom. The number of halogens is 3. The van der Waals surface area contributed by atoms with Crippen molar-refractivity contribution in [3.63, 3.8) is 0 Å². The molecule has 144 valence electrons. The minimum absolute atomic E-state index is 0.0257. The highest BCUT2D eigenvalue weighted by Crippen LogP contribution is 2.32. The molecule has 0 saturated carbocycles. The van der Waals surface area contributed by atoms with Gasteiger partial charge < -0.3 is 14.6 Å². The van der Waals surface area contributed by atoms with Gasteiger partial charge in [-0.3, -0.25) is 4.99 Å². The molecule has 0 bridgehead atoms. The minimum atomic E-state index is -4.47. The van der Waals surface area contributed by atoms with Gasteiger partial charge in [0.1, 0.15) is 0 Å². The molecule has 0 saturated heterocycles. The van der Waals surface area contributed by atoms with Gasteiger partial charge in [0, 0.05) is 5.56 Å². The smallest absolute Gasteiger partial charge is 0.416 e. The number of hydrogen-bond acceptors (Lipinski definition) is 5. The first kappa shape index (κ1) is 19.2. The van der Waals surface area contributed by atoms with Gasteiger partial charge in [-0.2, -0.15) is 13.2 Å². The number of carbonyl (C=O) groups is 1. The lowest BCUT2D eigenvalue weighted by Crippen LogP contribution is -2.03. The highest BCUT2D eigenvalue weighted by molar-refractivity contribution is 5.95. The number of aromatic carboxylic acids is 1. The van der Waals surface area contributed by atoms with Gasteiger partial charge in [-0.25, -0.2) is 9.78 Å². The zero-order chi connectivity index (χ0) is 20.5. The quantitative estimate of drug-likeness (QED) is 0.623. The number of carboxylic acid groups (broad SMARTS) is 1. The maximum absolute atomic E-state index is 12.6. The number of aliphatic imine (C=N–C) groups is 1. The molecule has 0 aliphatic heterocycles. The van der Waals surface area contributed by atoms with Gasteiger partial charge in [-0.05, 0) is 43.3 Å². The molecule has 0 aliphatic rings. The van der Waals surface area contributed by atoms with Crippen molar-refractivity contribution in [2.75, 3.05) is 0 Å². The summed E-state index contributed by atoms with van der Waals surface area (Å²) in [7, 11) is 0. The van der Waals surface area contributed by atoms with Crippen LogP contribution in [0.2, 0.25) is 0 Å². The van der Waals surface area contributed by atoms with E-state index >= 15 is 0 Å². The van der Waals surface area contributed by atoms with Crippen LogP contribution in [0.1, 0.15) is 27.2 Å². The number of carboxylic acids is 1. The number of aromatic nitrogens is 1. The van der Waals surface area contributed by atoms with Gasteiger partial charge in [-0.15, -0.1) is 0 Å². The highest BCUT2D eigenvalue weighted by Gasteiger charge is 2.30. The molecule has 3 aromatic rings. The lowest BCUT2D eigenvalue weighted by Gasteiger charge is -2.05. The molecule has 0 radical (unpaired) electrons. The van der Waals surface area contributed by atoms with Gasteiger partial charge in [0.05, 0.1) is 23.0 Å². The number of nitrogens with zero attached hydrogens (tertiary/aromatic N) is 2. The van der Waals surface area contributed by atoms with Crippen LogP contribution in [0.4, 0.5) is 18.9 Å². The maximum Gasteiger partial charge on any atom is 0.416 e. The number of benzene rings is 2. The summed E-state index contributed by atoms with van der Waals surface area (Å²) in [5.74, 6) is -1.86. The molecule has 2 N–H and O–H groups in total. The standard InChI is InChI=1S/C19H13F3N2O4/c1-10-2-7-14(13(8-10)17(25)26)23-9-15-18(27)28-16(24-15)11-3-5-12(6-4-11)19(20,21)22/h2-9,27H,1H3,(H,25,26). The molecule has 6 nitrogen and oxygen atoms in total. The van der Waals surface area contributed by atoms with Crippen LogP contribution in [0.3, 0.4) is 0 Å². The largest absolute Gasteiger partial charge is 0.479 e. The predicted molar refractivity (Wildman–Crippen MR) is 94.0 cm³/mol. The van der Waals surface area contributed by atoms with E-state index in [0.717, 1.165) is 36.0 Å².